The van der Waals surface area contributed by atoms with Crippen LogP contribution in [0.5, 0.6) is 0 Å². The van der Waals surface area contributed by atoms with E-state index in [1.54, 1.807) is 47.4 Å². The molecule has 0 aliphatic carbocycles. The quantitative estimate of drug-likeness (QED) is 0.679. The van der Waals surface area contributed by atoms with E-state index in [0.29, 0.717) is 36.1 Å². The number of H-pyrrole nitrogens is 1. The highest BCUT2D eigenvalue weighted by molar-refractivity contribution is 7.09. The first-order valence-electron chi connectivity index (χ1n) is 8.24. The number of fused-ring (bicyclic) bond motifs is 1. The molecule has 7 heteroatoms. The summed E-state index contributed by atoms with van der Waals surface area (Å²) in [5, 5.41) is 2.35. The Balaban J connectivity index is 2.00. The largest absolute Gasteiger partial charge is 0.330 e. The van der Waals surface area contributed by atoms with Crippen molar-refractivity contribution in [1.29, 1.82) is 0 Å². The Labute approximate surface area is 154 Å². The summed E-state index contributed by atoms with van der Waals surface area (Å²) in [5.74, 6) is -0.180. The van der Waals surface area contributed by atoms with E-state index in [0.717, 1.165) is 9.44 Å². The van der Waals surface area contributed by atoms with Gasteiger partial charge in [0.1, 0.15) is 0 Å². The molecule has 1 aromatic carbocycles. The maximum Gasteiger partial charge on any atom is 0.328 e. The van der Waals surface area contributed by atoms with Gasteiger partial charge in [0.15, 0.2) is 0 Å². The van der Waals surface area contributed by atoms with Crippen LogP contribution in [-0.2, 0) is 13.1 Å². The van der Waals surface area contributed by atoms with E-state index in [-0.39, 0.29) is 11.5 Å². The third-order valence-corrected chi connectivity index (χ3v) is 4.97. The zero-order chi connectivity index (χ0) is 18.7. The summed E-state index contributed by atoms with van der Waals surface area (Å²) in [4.78, 5) is 42.7. The van der Waals surface area contributed by atoms with Gasteiger partial charge in [-0.05, 0) is 36.6 Å². The van der Waals surface area contributed by atoms with E-state index in [9.17, 15) is 14.4 Å². The second-order valence-corrected chi connectivity index (χ2v) is 6.83. The summed E-state index contributed by atoms with van der Waals surface area (Å²) >= 11 is 1.58. The number of aromatic nitrogens is 2. The van der Waals surface area contributed by atoms with E-state index < -0.39 is 5.69 Å². The minimum Gasteiger partial charge on any atom is -0.330 e. The molecule has 0 unspecified atom stereocenters. The summed E-state index contributed by atoms with van der Waals surface area (Å²) in [6.45, 7) is 6.63. The second-order valence-electron chi connectivity index (χ2n) is 5.79. The molecule has 1 N–H and O–H groups in total. The first kappa shape index (κ1) is 17.9. The predicted molar refractivity (Wildman–Crippen MR) is 104 cm³/mol. The topological polar surface area (TPSA) is 75.2 Å². The number of benzene rings is 1. The summed E-state index contributed by atoms with van der Waals surface area (Å²) in [5.41, 5.74) is -0.0478. The number of carbonyl (C=O) groups excluding carboxylic acids is 1. The van der Waals surface area contributed by atoms with E-state index in [1.807, 2.05) is 17.5 Å². The number of hydrogen-bond acceptors (Lipinski definition) is 4. The van der Waals surface area contributed by atoms with Gasteiger partial charge in [-0.2, -0.15) is 0 Å². The van der Waals surface area contributed by atoms with Gasteiger partial charge in [0.25, 0.3) is 11.5 Å². The Kier molecular flexibility index (Phi) is 5.18. The lowest BCUT2D eigenvalue weighted by molar-refractivity contribution is 0.0764. The summed E-state index contributed by atoms with van der Waals surface area (Å²) < 4.78 is 1.13. The Morgan fingerprint density at radius 3 is 2.81 bits per heavy atom. The molecule has 0 aliphatic heterocycles. The van der Waals surface area contributed by atoms with Crippen molar-refractivity contribution in [1.82, 2.24) is 14.5 Å². The molecular weight excluding hydrogens is 350 g/mol. The van der Waals surface area contributed by atoms with Crippen LogP contribution < -0.4 is 11.2 Å². The fourth-order valence-corrected chi connectivity index (χ4v) is 3.54. The van der Waals surface area contributed by atoms with E-state index in [4.69, 9.17) is 0 Å². The number of rotatable bonds is 6. The number of hydrogen-bond donors (Lipinski definition) is 1. The van der Waals surface area contributed by atoms with E-state index in [1.165, 1.54) is 0 Å². The Morgan fingerprint density at radius 2 is 2.15 bits per heavy atom. The fraction of sp³-hybridized carbons (Fsp3) is 0.211. The minimum absolute atomic E-state index is 0.180. The smallest absolute Gasteiger partial charge is 0.328 e. The van der Waals surface area contributed by atoms with Crippen LogP contribution in [0.25, 0.3) is 10.9 Å². The van der Waals surface area contributed by atoms with Gasteiger partial charge in [0.05, 0.1) is 17.4 Å². The molecule has 0 fully saturated rings. The first-order chi connectivity index (χ1) is 12.5. The van der Waals surface area contributed by atoms with Crippen molar-refractivity contribution < 1.29 is 4.79 Å². The van der Waals surface area contributed by atoms with Gasteiger partial charge in [0, 0.05) is 23.5 Å². The van der Waals surface area contributed by atoms with Crippen LogP contribution in [0, 0.1) is 0 Å². The van der Waals surface area contributed by atoms with Crippen molar-refractivity contribution in [3.63, 3.8) is 0 Å². The zero-order valence-corrected chi connectivity index (χ0v) is 15.2. The van der Waals surface area contributed by atoms with Crippen molar-refractivity contribution in [3.8, 4) is 0 Å². The highest BCUT2D eigenvalue weighted by Crippen LogP contribution is 2.16. The van der Waals surface area contributed by atoms with Gasteiger partial charge < -0.3 is 9.88 Å². The zero-order valence-electron chi connectivity index (χ0n) is 14.4. The van der Waals surface area contributed by atoms with Crippen LogP contribution >= 0.6 is 11.3 Å². The van der Waals surface area contributed by atoms with Crippen LogP contribution in [-0.4, -0.2) is 26.9 Å². The highest BCUT2D eigenvalue weighted by atomic mass is 32.1. The third-order valence-electron chi connectivity index (χ3n) is 4.11. The van der Waals surface area contributed by atoms with Gasteiger partial charge in [-0.1, -0.05) is 12.1 Å². The molecule has 0 radical (unpaired) electrons. The van der Waals surface area contributed by atoms with Gasteiger partial charge in [-0.15, -0.1) is 17.9 Å². The maximum absolute atomic E-state index is 12.9. The number of nitrogens with zero attached hydrogens (tertiary/aromatic N) is 2. The number of amides is 1. The molecule has 6 nitrogen and oxygen atoms in total. The predicted octanol–water partition coefficient (Wildman–Crippen LogP) is 2.60. The molecule has 2 aromatic heterocycles. The standard InChI is InChI=1S/C19H19N3O3S/c1-3-9-21(12-14-6-5-10-26-14)17(23)13-7-8-15-16(11-13)20-19(25)22(4-2)18(15)24/h3,5-8,10-11H,1,4,9,12H2,2H3,(H,20,25). The lowest BCUT2D eigenvalue weighted by Crippen LogP contribution is -2.34. The third kappa shape index (κ3) is 3.39. The van der Waals surface area contributed by atoms with Gasteiger partial charge in [0.2, 0.25) is 0 Å². The molecular formula is C19H19N3O3S. The molecule has 3 rings (SSSR count). The Morgan fingerprint density at radius 1 is 1.35 bits per heavy atom. The molecule has 0 spiro atoms. The van der Waals surface area contributed by atoms with Crippen molar-refractivity contribution in [3.05, 3.63) is 79.6 Å². The van der Waals surface area contributed by atoms with Gasteiger partial charge >= 0.3 is 5.69 Å². The van der Waals surface area contributed by atoms with Crippen LogP contribution in [0.2, 0.25) is 0 Å². The number of thiophene rings is 1. The van der Waals surface area contributed by atoms with Crippen LogP contribution in [0.4, 0.5) is 0 Å². The summed E-state index contributed by atoms with van der Waals surface area (Å²) in [6, 6.07) is 8.68. The molecule has 0 aliphatic rings. The Hall–Kier alpha value is -2.93. The number of nitrogens with one attached hydrogen (secondary N) is 1. The SMILES string of the molecule is C=CCN(Cc1cccs1)C(=O)c1ccc2c(=O)n(CC)c(=O)[nH]c2c1. The number of carbonyl (C=O) groups is 1. The molecule has 1 amide bonds. The normalized spacial score (nSPS) is 10.8. The minimum atomic E-state index is -0.476. The van der Waals surface area contributed by atoms with Gasteiger partial charge in [-0.3, -0.25) is 14.2 Å². The maximum atomic E-state index is 12.9. The van der Waals surface area contributed by atoms with Crippen molar-refractivity contribution in [2.45, 2.75) is 20.0 Å². The van der Waals surface area contributed by atoms with Gasteiger partial charge in [-0.25, -0.2) is 4.79 Å². The molecule has 0 atom stereocenters. The summed E-state index contributed by atoms with van der Waals surface area (Å²) in [7, 11) is 0. The monoisotopic (exact) mass is 369 g/mol. The van der Waals surface area contributed by atoms with Crippen molar-refractivity contribution in [2.24, 2.45) is 0 Å². The lowest BCUT2D eigenvalue weighted by atomic mass is 10.1. The molecule has 0 bridgehead atoms. The van der Waals surface area contributed by atoms with Crippen LogP contribution in [0.1, 0.15) is 22.2 Å². The lowest BCUT2D eigenvalue weighted by Gasteiger charge is -2.20. The van der Waals surface area contributed by atoms with E-state index >= 15 is 0 Å². The number of aromatic amines is 1. The molecule has 26 heavy (non-hydrogen) atoms. The fourth-order valence-electron chi connectivity index (χ4n) is 2.82. The molecule has 134 valence electrons. The van der Waals surface area contributed by atoms with E-state index in [2.05, 4.69) is 11.6 Å². The molecule has 0 saturated carbocycles. The van der Waals surface area contributed by atoms with Crippen molar-refractivity contribution in [2.75, 3.05) is 6.54 Å². The average molecular weight is 369 g/mol. The van der Waals surface area contributed by atoms with Crippen molar-refractivity contribution >= 4 is 28.1 Å². The van der Waals surface area contributed by atoms with Crippen LogP contribution in [0.15, 0.2) is 58.0 Å². The molecule has 0 saturated heterocycles. The Bertz CT molecular complexity index is 1060. The average Bonchev–Trinajstić information content (AvgIpc) is 3.14. The molecule has 2 heterocycles. The van der Waals surface area contributed by atoms with Crippen LogP contribution in [0.3, 0.4) is 0 Å². The first-order valence-corrected chi connectivity index (χ1v) is 9.12. The highest BCUT2D eigenvalue weighted by Gasteiger charge is 2.17. The summed E-state index contributed by atoms with van der Waals surface area (Å²) in [6.07, 6.45) is 1.67. The second kappa shape index (κ2) is 7.53. The molecule has 3 aromatic rings.